The number of nitrogens with zero attached hydrogens (tertiary/aromatic N) is 2. The maximum absolute atomic E-state index is 8.85. The van der Waals surface area contributed by atoms with Crippen molar-refractivity contribution in [3.63, 3.8) is 0 Å². The molecule has 0 aromatic heterocycles. The second-order valence-electron chi connectivity index (χ2n) is 6.11. The van der Waals surface area contributed by atoms with E-state index in [1.807, 2.05) is 12.1 Å². The zero-order chi connectivity index (χ0) is 14.9. The van der Waals surface area contributed by atoms with Crippen LogP contribution in [0.1, 0.15) is 44.1 Å². The standard InChI is InChI=1S/C18H26N2O/c1-20(15-16-7-3-2-4-8-16)11-6-12-21-18-10-5-9-17(13-18)14-19/h5,9-10,13,16H,2-4,6-8,11-12,15H2,1H3. The highest BCUT2D eigenvalue weighted by Gasteiger charge is 2.14. The molecule has 3 heteroatoms. The summed E-state index contributed by atoms with van der Waals surface area (Å²) in [5.41, 5.74) is 0.655. The van der Waals surface area contributed by atoms with Crippen LogP contribution in [-0.4, -0.2) is 31.6 Å². The van der Waals surface area contributed by atoms with Crippen molar-refractivity contribution in [1.29, 1.82) is 5.26 Å². The van der Waals surface area contributed by atoms with Gasteiger partial charge in [0.05, 0.1) is 18.2 Å². The minimum Gasteiger partial charge on any atom is -0.494 e. The quantitative estimate of drug-likeness (QED) is 0.715. The maximum atomic E-state index is 8.85. The summed E-state index contributed by atoms with van der Waals surface area (Å²) < 4.78 is 5.71. The molecule has 0 spiro atoms. The minimum absolute atomic E-state index is 0.655. The van der Waals surface area contributed by atoms with E-state index in [-0.39, 0.29) is 0 Å². The van der Waals surface area contributed by atoms with Crippen molar-refractivity contribution < 1.29 is 4.74 Å². The van der Waals surface area contributed by atoms with Crippen LogP contribution in [0.25, 0.3) is 0 Å². The Balaban J connectivity index is 1.61. The number of nitriles is 1. The third-order valence-corrected chi connectivity index (χ3v) is 4.21. The molecule has 0 unspecified atom stereocenters. The summed E-state index contributed by atoms with van der Waals surface area (Å²) in [5.74, 6) is 1.70. The summed E-state index contributed by atoms with van der Waals surface area (Å²) in [6.45, 7) is 3.02. The molecule has 0 heterocycles. The highest BCUT2D eigenvalue weighted by atomic mass is 16.5. The van der Waals surface area contributed by atoms with E-state index in [1.54, 1.807) is 12.1 Å². The lowest BCUT2D eigenvalue weighted by atomic mass is 9.89. The van der Waals surface area contributed by atoms with Crippen molar-refractivity contribution >= 4 is 0 Å². The summed E-state index contributed by atoms with van der Waals surface area (Å²) in [7, 11) is 2.21. The van der Waals surface area contributed by atoms with Gasteiger partial charge in [0.15, 0.2) is 0 Å². The van der Waals surface area contributed by atoms with E-state index >= 15 is 0 Å². The lowest BCUT2D eigenvalue weighted by Gasteiger charge is -2.26. The molecule has 21 heavy (non-hydrogen) atoms. The highest BCUT2D eigenvalue weighted by molar-refractivity contribution is 5.36. The van der Waals surface area contributed by atoms with Gasteiger partial charge in [0, 0.05) is 13.1 Å². The largest absolute Gasteiger partial charge is 0.494 e. The highest BCUT2D eigenvalue weighted by Crippen LogP contribution is 2.24. The van der Waals surface area contributed by atoms with E-state index in [4.69, 9.17) is 10.00 Å². The molecule has 1 aliphatic carbocycles. The van der Waals surface area contributed by atoms with Crippen LogP contribution in [0.5, 0.6) is 5.75 Å². The molecule has 0 amide bonds. The molecule has 0 atom stereocenters. The van der Waals surface area contributed by atoms with E-state index in [0.29, 0.717) is 12.2 Å². The normalized spacial score (nSPS) is 15.9. The van der Waals surface area contributed by atoms with Gasteiger partial charge in [-0.3, -0.25) is 0 Å². The van der Waals surface area contributed by atoms with Crippen molar-refractivity contribution in [2.75, 3.05) is 26.7 Å². The Morgan fingerprint density at radius 2 is 2.10 bits per heavy atom. The fraction of sp³-hybridized carbons (Fsp3) is 0.611. The second-order valence-corrected chi connectivity index (χ2v) is 6.11. The smallest absolute Gasteiger partial charge is 0.120 e. The Bertz CT molecular complexity index is 461. The topological polar surface area (TPSA) is 36.3 Å². The van der Waals surface area contributed by atoms with Gasteiger partial charge >= 0.3 is 0 Å². The molecule has 1 saturated carbocycles. The summed E-state index contributed by atoms with van der Waals surface area (Å²) in [6.07, 6.45) is 8.09. The summed E-state index contributed by atoms with van der Waals surface area (Å²) in [6, 6.07) is 9.50. The van der Waals surface area contributed by atoms with Crippen LogP contribution >= 0.6 is 0 Å². The molecular formula is C18H26N2O. The van der Waals surface area contributed by atoms with Gasteiger partial charge in [-0.1, -0.05) is 25.3 Å². The fourth-order valence-electron chi connectivity index (χ4n) is 3.08. The van der Waals surface area contributed by atoms with E-state index in [9.17, 15) is 0 Å². The minimum atomic E-state index is 0.655. The van der Waals surface area contributed by atoms with Crippen LogP contribution in [0, 0.1) is 17.2 Å². The number of hydrogen-bond donors (Lipinski definition) is 0. The van der Waals surface area contributed by atoms with Crippen molar-refractivity contribution in [2.45, 2.75) is 38.5 Å². The summed E-state index contributed by atoms with van der Waals surface area (Å²) in [4.78, 5) is 2.44. The average Bonchev–Trinajstić information content (AvgIpc) is 2.53. The SMILES string of the molecule is CN(CCCOc1cccc(C#N)c1)CC1CCCCC1. The van der Waals surface area contributed by atoms with Crippen molar-refractivity contribution in [3.8, 4) is 11.8 Å². The Kier molecular flexibility index (Phi) is 6.56. The van der Waals surface area contributed by atoms with Crippen LogP contribution in [0.15, 0.2) is 24.3 Å². The van der Waals surface area contributed by atoms with Crippen LogP contribution < -0.4 is 4.74 Å². The van der Waals surface area contributed by atoms with Gasteiger partial charge in [0.1, 0.15) is 5.75 Å². The van der Waals surface area contributed by atoms with E-state index in [0.717, 1.165) is 24.6 Å². The van der Waals surface area contributed by atoms with Gasteiger partial charge in [-0.05, 0) is 50.4 Å². The Morgan fingerprint density at radius 1 is 1.29 bits per heavy atom. The third kappa shape index (κ3) is 5.77. The predicted molar refractivity (Wildman–Crippen MR) is 85.3 cm³/mol. The summed E-state index contributed by atoms with van der Waals surface area (Å²) in [5, 5.41) is 8.85. The van der Waals surface area contributed by atoms with Crippen LogP contribution in [0.2, 0.25) is 0 Å². The molecule has 0 saturated heterocycles. The number of hydrogen-bond acceptors (Lipinski definition) is 3. The first-order chi connectivity index (χ1) is 10.3. The van der Waals surface area contributed by atoms with Crippen LogP contribution in [-0.2, 0) is 0 Å². The Morgan fingerprint density at radius 3 is 2.86 bits per heavy atom. The zero-order valence-corrected chi connectivity index (χ0v) is 13.1. The molecule has 1 aliphatic rings. The van der Waals surface area contributed by atoms with Gasteiger partial charge in [-0.25, -0.2) is 0 Å². The van der Waals surface area contributed by atoms with Crippen molar-refractivity contribution in [3.05, 3.63) is 29.8 Å². The fourth-order valence-corrected chi connectivity index (χ4v) is 3.08. The Hall–Kier alpha value is -1.53. The molecule has 0 N–H and O–H groups in total. The monoisotopic (exact) mass is 286 g/mol. The molecule has 0 radical (unpaired) electrons. The first kappa shape index (κ1) is 15.9. The number of benzene rings is 1. The van der Waals surface area contributed by atoms with Gasteiger partial charge < -0.3 is 9.64 Å². The van der Waals surface area contributed by atoms with E-state index in [2.05, 4.69) is 18.0 Å². The summed E-state index contributed by atoms with van der Waals surface area (Å²) >= 11 is 0. The first-order valence-electron chi connectivity index (χ1n) is 8.09. The van der Waals surface area contributed by atoms with Gasteiger partial charge in [-0.15, -0.1) is 0 Å². The maximum Gasteiger partial charge on any atom is 0.120 e. The molecule has 1 fully saturated rings. The third-order valence-electron chi connectivity index (χ3n) is 4.21. The van der Waals surface area contributed by atoms with E-state index in [1.165, 1.54) is 38.6 Å². The molecule has 0 aliphatic heterocycles. The molecule has 1 aromatic carbocycles. The molecule has 2 rings (SSSR count). The van der Waals surface area contributed by atoms with Gasteiger partial charge in [-0.2, -0.15) is 5.26 Å². The molecule has 3 nitrogen and oxygen atoms in total. The van der Waals surface area contributed by atoms with Crippen LogP contribution in [0.3, 0.4) is 0 Å². The second kappa shape index (κ2) is 8.69. The van der Waals surface area contributed by atoms with Crippen molar-refractivity contribution in [1.82, 2.24) is 4.90 Å². The number of rotatable bonds is 7. The molecular weight excluding hydrogens is 260 g/mol. The molecule has 0 bridgehead atoms. The first-order valence-corrected chi connectivity index (χ1v) is 8.09. The lowest BCUT2D eigenvalue weighted by molar-refractivity contribution is 0.214. The molecule has 114 valence electrons. The average molecular weight is 286 g/mol. The van der Waals surface area contributed by atoms with Crippen molar-refractivity contribution in [2.24, 2.45) is 5.92 Å². The lowest BCUT2D eigenvalue weighted by Crippen LogP contribution is -2.28. The van der Waals surface area contributed by atoms with Gasteiger partial charge in [0.2, 0.25) is 0 Å². The van der Waals surface area contributed by atoms with Crippen LogP contribution in [0.4, 0.5) is 0 Å². The Labute approximate surface area is 128 Å². The predicted octanol–water partition coefficient (Wildman–Crippen LogP) is 3.84. The molecule has 1 aromatic rings. The number of ether oxygens (including phenoxy) is 1. The van der Waals surface area contributed by atoms with Gasteiger partial charge in [0.25, 0.3) is 0 Å². The van der Waals surface area contributed by atoms with E-state index < -0.39 is 0 Å². The zero-order valence-electron chi connectivity index (χ0n) is 13.1.